The number of carbonyl (C=O) groups excluding carboxylic acids is 1. The van der Waals surface area contributed by atoms with Crippen LogP contribution in [0.3, 0.4) is 0 Å². The normalized spacial score (nSPS) is 12.4. The minimum atomic E-state index is -0.0680. The molecule has 0 fully saturated rings. The van der Waals surface area contributed by atoms with Crippen LogP contribution in [0, 0.1) is 0 Å². The zero-order valence-electron chi connectivity index (χ0n) is 15.7. The maximum atomic E-state index is 11.6. The molecule has 1 aromatic heterocycles. The molecule has 0 saturated heterocycles. The van der Waals surface area contributed by atoms with Gasteiger partial charge in [0.15, 0.2) is 5.96 Å². The van der Waals surface area contributed by atoms with Crippen LogP contribution in [0.5, 0.6) is 0 Å². The number of rotatable bonds is 7. The van der Waals surface area contributed by atoms with Gasteiger partial charge in [0.2, 0.25) is 11.8 Å². The van der Waals surface area contributed by atoms with E-state index in [2.05, 4.69) is 46.7 Å². The van der Waals surface area contributed by atoms with Gasteiger partial charge in [0.1, 0.15) is 12.3 Å². The smallest absolute Gasteiger partial charge is 0.221 e. The number of nitrogens with one attached hydrogen (secondary N) is 3. The molecule has 1 amide bonds. The Labute approximate surface area is 144 Å². The first-order chi connectivity index (χ1) is 11.2. The lowest BCUT2D eigenvalue weighted by atomic mass is 9.94. The van der Waals surface area contributed by atoms with Gasteiger partial charge in [-0.3, -0.25) is 4.79 Å². The average molecular weight is 337 g/mol. The highest BCUT2D eigenvalue weighted by atomic mass is 16.4. The lowest BCUT2D eigenvalue weighted by Gasteiger charge is -2.13. The van der Waals surface area contributed by atoms with Gasteiger partial charge in [0.25, 0.3) is 0 Å². The number of amides is 1. The van der Waals surface area contributed by atoms with Crippen molar-refractivity contribution in [3.8, 4) is 0 Å². The summed E-state index contributed by atoms with van der Waals surface area (Å²) in [5, 5.41) is 9.14. The summed E-state index contributed by atoms with van der Waals surface area (Å²) in [6.07, 6.45) is 2.15. The Bertz CT molecular complexity index is 543. The Balaban J connectivity index is 2.53. The number of carbonyl (C=O) groups is 1. The van der Waals surface area contributed by atoms with Crippen molar-refractivity contribution in [1.82, 2.24) is 20.9 Å². The molecule has 0 aliphatic rings. The molecule has 7 nitrogen and oxygen atoms in total. The van der Waals surface area contributed by atoms with Crippen molar-refractivity contribution in [2.45, 2.75) is 66.0 Å². The van der Waals surface area contributed by atoms with Gasteiger partial charge in [0.05, 0.1) is 6.20 Å². The summed E-state index contributed by atoms with van der Waals surface area (Å²) in [6.45, 7) is 13.7. The number of guanidine groups is 1. The van der Waals surface area contributed by atoms with Crippen molar-refractivity contribution >= 4 is 11.9 Å². The van der Waals surface area contributed by atoms with Crippen LogP contribution in [0.4, 0.5) is 0 Å². The molecule has 0 unspecified atom stereocenters. The standard InChI is InChI=1S/C17H31N5O2/c1-7-18-16(19-9-8-14(23)22-12(2)3)21-11-15-20-10-13(24-15)17(4,5)6/h10,12H,7-9,11H2,1-6H3,(H,22,23)(H2,18,19,21). The summed E-state index contributed by atoms with van der Waals surface area (Å²) in [7, 11) is 0. The molecule has 0 aromatic carbocycles. The van der Waals surface area contributed by atoms with Gasteiger partial charge in [-0.2, -0.15) is 0 Å². The molecule has 0 aliphatic heterocycles. The molecule has 0 spiro atoms. The van der Waals surface area contributed by atoms with Crippen molar-refractivity contribution in [3.05, 3.63) is 17.8 Å². The molecule has 1 rings (SSSR count). The summed E-state index contributed by atoms with van der Waals surface area (Å²) < 4.78 is 5.73. The van der Waals surface area contributed by atoms with Crippen molar-refractivity contribution in [3.63, 3.8) is 0 Å². The van der Waals surface area contributed by atoms with Gasteiger partial charge in [-0.1, -0.05) is 20.8 Å². The van der Waals surface area contributed by atoms with Gasteiger partial charge in [0, 0.05) is 31.0 Å². The first-order valence-corrected chi connectivity index (χ1v) is 8.49. The monoisotopic (exact) mass is 337 g/mol. The largest absolute Gasteiger partial charge is 0.443 e. The molecule has 0 saturated carbocycles. The molecule has 1 heterocycles. The third kappa shape index (κ3) is 7.48. The third-order valence-corrected chi connectivity index (χ3v) is 3.10. The van der Waals surface area contributed by atoms with Gasteiger partial charge >= 0.3 is 0 Å². The molecule has 0 aliphatic carbocycles. The Morgan fingerprint density at radius 2 is 2.04 bits per heavy atom. The number of nitrogens with zero attached hydrogens (tertiary/aromatic N) is 2. The van der Waals surface area contributed by atoms with Crippen LogP contribution < -0.4 is 16.0 Å². The Morgan fingerprint density at radius 3 is 2.58 bits per heavy atom. The molecule has 24 heavy (non-hydrogen) atoms. The van der Waals surface area contributed by atoms with E-state index in [4.69, 9.17) is 4.42 Å². The summed E-state index contributed by atoms with van der Waals surface area (Å²) >= 11 is 0. The highest BCUT2D eigenvalue weighted by Crippen LogP contribution is 2.22. The molecule has 0 bridgehead atoms. The molecule has 0 radical (unpaired) electrons. The molecule has 1 aromatic rings. The lowest BCUT2D eigenvalue weighted by molar-refractivity contribution is -0.121. The second-order valence-electron chi connectivity index (χ2n) is 6.96. The molecule has 0 atom stereocenters. The van der Waals surface area contributed by atoms with Crippen LogP contribution in [0.1, 0.15) is 59.6 Å². The highest BCUT2D eigenvalue weighted by molar-refractivity contribution is 5.81. The van der Waals surface area contributed by atoms with Gasteiger partial charge < -0.3 is 20.4 Å². The minimum absolute atomic E-state index is 0.0240. The first-order valence-electron chi connectivity index (χ1n) is 8.49. The molecular weight excluding hydrogens is 306 g/mol. The highest BCUT2D eigenvalue weighted by Gasteiger charge is 2.19. The summed E-state index contributed by atoms with van der Waals surface area (Å²) in [5.41, 5.74) is -0.0680. The van der Waals surface area contributed by atoms with E-state index in [0.29, 0.717) is 31.4 Å². The SMILES string of the molecule is CCNC(=NCc1ncc(C(C)(C)C)o1)NCCC(=O)NC(C)C. The van der Waals surface area contributed by atoms with Crippen LogP contribution in [0.25, 0.3) is 0 Å². The van der Waals surface area contributed by atoms with E-state index in [1.807, 2.05) is 20.8 Å². The fourth-order valence-corrected chi connectivity index (χ4v) is 1.91. The van der Waals surface area contributed by atoms with E-state index in [-0.39, 0.29) is 17.4 Å². The summed E-state index contributed by atoms with van der Waals surface area (Å²) in [5.74, 6) is 2.09. The Kier molecular flexibility index (Phi) is 7.74. The molecular formula is C17H31N5O2. The average Bonchev–Trinajstić information content (AvgIpc) is 2.92. The first kappa shape index (κ1) is 20.0. The Hall–Kier alpha value is -2.05. The van der Waals surface area contributed by atoms with Gasteiger partial charge in [-0.15, -0.1) is 0 Å². The second-order valence-corrected chi connectivity index (χ2v) is 6.96. The maximum absolute atomic E-state index is 11.6. The van der Waals surface area contributed by atoms with Crippen molar-refractivity contribution in [2.24, 2.45) is 4.99 Å². The molecule has 7 heteroatoms. The van der Waals surface area contributed by atoms with Crippen LogP contribution in [0.2, 0.25) is 0 Å². The second kappa shape index (κ2) is 9.30. The van der Waals surface area contributed by atoms with E-state index in [1.165, 1.54) is 0 Å². The number of hydrogen-bond donors (Lipinski definition) is 3. The summed E-state index contributed by atoms with van der Waals surface area (Å²) in [4.78, 5) is 20.3. The van der Waals surface area contributed by atoms with Gasteiger partial charge in [-0.05, 0) is 20.8 Å². The van der Waals surface area contributed by atoms with Crippen LogP contribution in [-0.4, -0.2) is 36.0 Å². The quantitative estimate of drug-likeness (QED) is 0.522. The van der Waals surface area contributed by atoms with Crippen molar-refractivity contribution in [2.75, 3.05) is 13.1 Å². The number of aromatic nitrogens is 1. The Morgan fingerprint density at radius 1 is 1.33 bits per heavy atom. The third-order valence-electron chi connectivity index (χ3n) is 3.10. The van der Waals surface area contributed by atoms with Crippen LogP contribution >= 0.6 is 0 Å². The minimum Gasteiger partial charge on any atom is -0.443 e. The molecule has 3 N–H and O–H groups in total. The van der Waals surface area contributed by atoms with E-state index >= 15 is 0 Å². The fourth-order valence-electron chi connectivity index (χ4n) is 1.91. The topological polar surface area (TPSA) is 91.6 Å². The van der Waals surface area contributed by atoms with Gasteiger partial charge in [-0.25, -0.2) is 9.98 Å². The number of hydrogen-bond acceptors (Lipinski definition) is 4. The van der Waals surface area contributed by atoms with Crippen molar-refractivity contribution < 1.29 is 9.21 Å². The lowest BCUT2D eigenvalue weighted by Crippen LogP contribution is -2.40. The van der Waals surface area contributed by atoms with E-state index in [9.17, 15) is 4.79 Å². The number of oxazole rings is 1. The fraction of sp³-hybridized carbons (Fsp3) is 0.706. The molecule has 136 valence electrons. The predicted octanol–water partition coefficient (Wildman–Crippen LogP) is 1.94. The summed E-state index contributed by atoms with van der Waals surface area (Å²) in [6, 6.07) is 0.154. The van der Waals surface area contributed by atoms with E-state index < -0.39 is 0 Å². The van der Waals surface area contributed by atoms with Crippen molar-refractivity contribution in [1.29, 1.82) is 0 Å². The van der Waals surface area contributed by atoms with E-state index in [1.54, 1.807) is 6.20 Å². The zero-order chi connectivity index (χ0) is 18.2. The maximum Gasteiger partial charge on any atom is 0.221 e. The van der Waals surface area contributed by atoms with E-state index in [0.717, 1.165) is 12.3 Å². The zero-order valence-corrected chi connectivity index (χ0v) is 15.7. The number of aliphatic imine (C=N–C) groups is 1. The predicted molar refractivity (Wildman–Crippen MR) is 95.9 cm³/mol. The van der Waals surface area contributed by atoms with Crippen LogP contribution in [-0.2, 0) is 16.8 Å². The van der Waals surface area contributed by atoms with Crippen LogP contribution in [0.15, 0.2) is 15.6 Å².